The molecule has 1 heterocycles. The van der Waals surface area contributed by atoms with Gasteiger partial charge in [0.2, 0.25) is 0 Å². The number of nitrogens with two attached hydrogens (primary N) is 1. The van der Waals surface area contributed by atoms with Crippen molar-refractivity contribution in [1.82, 2.24) is 5.32 Å². The van der Waals surface area contributed by atoms with Crippen LogP contribution in [-0.2, 0) is 6.54 Å². The van der Waals surface area contributed by atoms with E-state index >= 15 is 0 Å². The molecule has 2 atom stereocenters. The first-order valence-electron chi connectivity index (χ1n) is 5.95. The maximum atomic E-state index is 5.86. The van der Waals surface area contributed by atoms with E-state index in [0.717, 1.165) is 12.2 Å². The van der Waals surface area contributed by atoms with E-state index in [0.29, 0.717) is 12.0 Å². The molecule has 2 unspecified atom stereocenters. The SMILES string of the molecule is Nc1ccsc1CNC1CC1c1ccccc1. The summed E-state index contributed by atoms with van der Waals surface area (Å²) in [6.07, 6.45) is 1.25. The number of hydrogen-bond acceptors (Lipinski definition) is 3. The molecule has 88 valence electrons. The zero-order valence-corrected chi connectivity index (χ0v) is 10.4. The van der Waals surface area contributed by atoms with Crippen molar-refractivity contribution in [3.05, 3.63) is 52.2 Å². The number of anilines is 1. The lowest BCUT2D eigenvalue weighted by Gasteiger charge is -2.03. The summed E-state index contributed by atoms with van der Waals surface area (Å²) < 4.78 is 0. The van der Waals surface area contributed by atoms with Crippen LogP contribution in [0, 0.1) is 0 Å². The van der Waals surface area contributed by atoms with Gasteiger partial charge in [-0.2, -0.15) is 0 Å². The van der Waals surface area contributed by atoms with Gasteiger partial charge in [0.25, 0.3) is 0 Å². The van der Waals surface area contributed by atoms with Crippen molar-refractivity contribution in [2.24, 2.45) is 0 Å². The predicted octanol–water partition coefficient (Wildman–Crippen LogP) is 2.98. The number of rotatable bonds is 4. The Balaban J connectivity index is 1.55. The van der Waals surface area contributed by atoms with E-state index in [2.05, 4.69) is 35.6 Å². The highest BCUT2D eigenvalue weighted by atomic mass is 32.1. The molecule has 0 aliphatic heterocycles. The number of hydrogen-bond donors (Lipinski definition) is 2. The van der Waals surface area contributed by atoms with Crippen LogP contribution >= 0.6 is 11.3 Å². The molecule has 1 aliphatic carbocycles. The van der Waals surface area contributed by atoms with Crippen LogP contribution in [-0.4, -0.2) is 6.04 Å². The van der Waals surface area contributed by atoms with Crippen LogP contribution < -0.4 is 11.1 Å². The lowest BCUT2D eigenvalue weighted by molar-refractivity contribution is 0.680. The van der Waals surface area contributed by atoms with E-state index < -0.39 is 0 Å². The number of nitrogens with one attached hydrogen (secondary N) is 1. The van der Waals surface area contributed by atoms with E-state index in [1.165, 1.54) is 16.9 Å². The summed E-state index contributed by atoms with van der Waals surface area (Å²) in [4.78, 5) is 1.25. The van der Waals surface area contributed by atoms with Gasteiger partial charge >= 0.3 is 0 Å². The second-order valence-electron chi connectivity index (χ2n) is 4.54. The fourth-order valence-corrected chi connectivity index (χ4v) is 2.96. The minimum Gasteiger partial charge on any atom is -0.398 e. The third kappa shape index (κ3) is 2.35. The maximum Gasteiger partial charge on any atom is 0.0468 e. The summed E-state index contributed by atoms with van der Waals surface area (Å²) in [7, 11) is 0. The van der Waals surface area contributed by atoms with Gasteiger partial charge in [0, 0.05) is 29.1 Å². The van der Waals surface area contributed by atoms with E-state index in [9.17, 15) is 0 Å². The molecule has 2 aromatic rings. The molecular weight excluding hydrogens is 228 g/mol. The quantitative estimate of drug-likeness (QED) is 0.867. The molecule has 1 aromatic heterocycles. The van der Waals surface area contributed by atoms with Crippen LogP contribution in [0.5, 0.6) is 0 Å². The van der Waals surface area contributed by atoms with Gasteiger partial charge < -0.3 is 11.1 Å². The topological polar surface area (TPSA) is 38.0 Å². The normalized spacial score (nSPS) is 22.6. The average molecular weight is 244 g/mol. The zero-order chi connectivity index (χ0) is 11.7. The summed E-state index contributed by atoms with van der Waals surface area (Å²) in [5.41, 5.74) is 8.23. The maximum absolute atomic E-state index is 5.86. The van der Waals surface area contributed by atoms with Gasteiger partial charge in [-0.25, -0.2) is 0 Å². The molecule has 3 heteroatoms. The molecule has 0 amide bonds. The summed E-state index contributed by atoms with van der Waals surface area (Å²) in [6.45, 7) is 0.900. The van der Waals surface area contributed by atoms with Crippen molar-refractivity contribution in [3.63, 3.8) is 0 Å². The molecule has 0 bridgehead atoms. The van der Waals surface area contributed by atoms with Gasteiger partial charge in [-0.1, -0.05) is 30.3 Å². The van der Waals surface area contributed by atoms with Gasteiger partial charge in [0.05, 0.1) is 0 Å². The molecule has 1 aliphatic rings. The first kappa shape index (κ1) is 10.8. The Bertz CT molecular complexity index is 492. The highest BCUT2D eigenvalue weighted by molar-refractivity contribution is 7.10. The Labute approximate surface area is 105 Å². The second kappa shape index (κ2) is 4.51. The highest BCUT2D eigenvalue weighted by Crippen LogP contribution is 2.40. The summed E-state index contributed by atoms with van der Waals surface area (Å²) in [6, 6.07) is 13.3. The average Bonchev–Trinajstić information content (AvgIpc) is 3.04. The van der Waals surface area contributed by atoms with Crippen molar-refractivity contribution < 1.29 is 0 Å². The van der Waals surface area contributed by atoms with E-state index in [1.807, 2.05) is 11.4 Å². The van der Waals surface area contributed by atoms with Crippen LogP contribution in [0.15, 0.2) is 41.8 Å². The van der Waals surface area contributed by atoms with Crippen LogP contribution in [0.25, 0.3) is 0 Å². The lowest BCUT2D eigenvalue weighted by Crippen LogP contribution is -2.17. The molecule has 1 fully saturated rings. The first-order chi connectivity index (χ1) is 8.34. The number of thiophene rings is 1. The van der Waals surface area contributed by atoms with Crippen LogP contribution in [0.3, 0.4) is 0 Å². The summed E-state index contributed by atoms with van der Waals surface area (Å²) in [5.74, 6) is 0.692. The first-order valence-corrected chi connectivity index (χ1v) is 6.83. The Kier molecular flexibility index (Phi) is 2.87. The lowest BCUT2D eigenvalue weighted by atomic mass is 10.1. The second-order valence-corrected chi connectivity index (χ2v) is 5.54. The van der Waals surface area contributed by atoms with Crippen LogP contribution in [0.4, 0.5) is 5.69 Å². The van der Waals surface area contributed by atoms with Gasteiger partial charge in [-0.3, -0.25) is 0 Å². The summed E-state index contributed by atoms with van der Waals surface area (Å²) >= 11 is 1.73. The number of nitrogen functional groups attached to an aromatic ring is 1. The molecule has 3 N–H and O–H groups in total. The van der Waals surface area contributed by atoms with Gasteiger partial charge in [0.1, 0.15) is 0 Å². The van der Waals surface area contributed by atoms with Crippen LogP contribution in [0.1, 0.15) is 22.8 Å². The minimum absolute atomic E-state index is 0.624. The zero-order valence-electron chi connectivity index (χ0n) is 9.60. The Morgan fingerprint density at radius 2 is 2.06 bits per heavy atom. The molecule has 0 radical (unpaired) electrons. The molecule has 3 rings (SSSR count). The highest BCUT2D eigenvalue weighted by Gasteiger charge is 2.37. The molecule has 1 saturated carbocycles. The van der Waals surface area contributed by atoms with E-state index in [1.54, 1.807) is 11.3 Å². The fraction of sp³-hybridized carbons (Fsp3) is 0.286. The van der Waals surface area contributed by atoms with Crippen molar-refractivity contribution in [1.29, 1.82) is 0 Å². The van der Waals surface area contributed by atoms with Gasteiger partial charge in [0.15, 0.2) is 0 Å². The standard InChI is InChI=1S/C14H16N2S/c15-12-6-7-17-14(12)9-16-13-8-11(13)10-4-2-1-3-5-10/h1-7,11,13,16H,8-9,15H2. The smallest absolute Gasteiger partial charge is 0.0468 e. The largest absolute Gasteiger partial charge is 0.398 e. The third-order valence-electron chi connectivity index (χ3n) is 3.32. The van der Waals surface area contributed by atoms with Crippen molar-refractivity contribution in [2.75, 3.05) is 5.73 Å². The minimum atomic E-state index is 0.624. The van der Waals surface area contributed by atoms with Crippen LogP contribution in [0.2, 0.25) is 0 Å². The summed E-state index contributed by atoms with van der Waals surface area (Å²) in [5, 5.41) is 5.63. The fourth-order valence-electron chi connectivity index (χ4n) is 2.21. The molecule has 0 spiro atoms. The molecule has 1 aromatic carbocycles. The predicted molar refractivity (Wildman–Crippen MR) is 73.2 cm³/mol. The molecule has 2 nitrogen and oxygen atoms in total. The van der Waals surface area contributed by atoms with Crippen molar-refractivity contribution >= 4 is 17.0 Å². The monoisotopic (exact) mass is 244 g/mol. The van der Waals surface area contributed by atoms with Crippen molar-refractivity contribution in [3.8, 4) is 0 Å². The van der Waals surface area contributed by atoms with Gasteiger partial charge in [-0.15, -0.1) is 11.3 Å². The van der Waals surface area contributed by atoms with Gasteiger partial charge in [-0.05, 0) is 23.4 Å². The Morgan fingerprint density at radius 1 is 1.24 bits per heavy atom. The van der Waals surface area contributed by atoms with Crippen molar-refractivity contribution in [2.45, 2.75) is 24.9 Å². The Morgan fingerprint density at radius 3 is 2.76 bits per heavy atom. The van der Waals surface area contributed by atoms with E-state index in [-0.39, 0.29) is 0 Å². The molecule has 0 saturated heterocycles. The third-order valence-corrected chi connectivity index (χ3v) is 4.26. The number of benzene rings is 1. The van der Waals surface area contributed by atoms with E-state index in [4.69, 9.17) is 5.73 Å². The molecular formula is C14H16N2S. The molecule has 17 heavy (non-hydrogen) atoms. The Hall–Kier alpha value is -1.32.